The van der Waals surface area contributed by atoms with Gasteiger partial charge < -0.3 is 0 Å². The van der Waals surface area contributed by atoms with E-state index in [1.165, 1.54) is 12.1 Å². The summed E-state index contributed by atoms with van der Waals surface area (Å²) in [5, 5.41) is 8.19. The molecule has 4 rings (SSSR count). The van der Waals surface area contributed by atoms with Crippen LogP contribution in [0.15, 0.2) is 30.5 Å². The molecule has 1 aliphatic carbocycles. The third-order valence-electron chi connectivity index (χ3n) is 4.75. The molecule has 2 heterocycles. The third kappa shape index (κ3) is 2.95. The fraction of sp³-hybridized carbons (Fsp3) is 0.500. The molecule has 1 aliphatic heterocycles. The Morgan fingerprint density at radius 2 is 1.71 bits per heavy atom. The predicted molar refractivity (Wildman–Crippen MR) is 87.2 cm³/mol. The Morgan fingerprint density at radius 3 is 2.33 bits per heavy atom. The minimum Gasteiger partial charge on any atom is -0.249 e. The standard InChI is InChI=1S/C16H19FN4O2S/c17-13-3-1-12(2-4-13)16-11-21(19-18-16)14-7-9-20(10-8-14)24(22,23)15-5-6-15/h1-4,11,14-15H,5-10H2. The summed E-state index contributed by atoms with van der Waals surface area (Å²) in [5.41, 5.74) is 1.51. The van der Waals surface area contributed by atoms with E-state index in [1.54, 1.807) is 21.1 Å². The Labute approximate surface area is 140 Å². The number of halogens is 1. The van der Waals surface area contributed by atoms with Crippen LogP contribution in [-0.2, 0) is 10.0 Å². The van der Waals surface area contributed by atoms with Gasteiger partial charge >= 0.3 is 0 Å². The van der Waals surface area contributed by atoms with Crippen LogP contribution < -0.4 is 0 Å². The first-order valence-corrected chi connectivity index (χ1v) is 9.71. The van der Waals surface area contributed by atoms with Crippen LogP contribution in [0.25, 0.3) is 11.3 Å². The molecular weight excluding hydrogens is 331 g/mol. The van der Waals surface area contributed by atoms with E-state index in [0.717, 1.165) is 31.2 Å². The van der Waals surface area contributed by atoms with E-state index in [1.807, 2.05) is 6.20 Å². The van der Waals surface area contributed by atoms with Gasteiger partial charge in [-0.1, -0.05) is 5.21 Å². The van der Waals surface area contributed by atoms with Crippen LogP contribution in [-0.4, -0.2) is 46.1 Å². The number of hydrogen-bond acceptors (Lipinski definition) is 4. The molecule has 0 spiro atoms. The minimum absolute atomic E-state index is 0.148. The van der Waals surface area contributed by atoms with Gasteiger partial charge in [-0.05, 0) is 49.9 Å². The molecule has 24 heavy (non-hydrogen) atoms. The number of hydrogen-bond donors (Lipinski definition) is 0. The van der Waals surface area contributed by atoms with Gasteiger partial charge in [0.05, 0.1) is 17.5 Å². The van der Waals surface area contributed by atoms with Crippen molar-refractivity contribution in [2.75, 3.05) is 13.1 Å². The average molecular weight is 350 g/mol. The first-order valence-electron chi connectivity index (χ1n) is 8.21. The Bertz CT molecular complexity index is 822. The third-order valence-corrected chi connectivity index (χ3v) is 7.15. The lowest BCUT2D eigenvalue weighted by Crippen LogP contribution is -2.40. The maximum Gasteiger partial charge on any atom is 0.216 e. The predicted octanol–water partition coefficient (Wildman–Crippen LogP) is 2.21. The summed E-state index contributed by atoms with van der Waals surface area (Å²) in [5.74, 6) is -0.282. The van der Waals surface area contributed by atoms with E-state index < -0.39 is 10.0 Å². The zero-order valence-corrected chi connectivity index (χ0v) is 14.0. The number of aromatic nitrogens is 3. The quantitative estimate of drug-likeness (QED) is 0.848. The lowest BCUT2D eigenvalue weighted by Gasteiger charge is -2.31. The second-order valence-electron chi connectivity index (χ2n) is 6.47. The van der Waals surface area contributed by atoms with Gasteiger partial charge in [-0.25, -0.2) is 21.8 Å². The zero-order valence-electron chi connectivity index (χ0n) is 13.2. The van der Waals surface area contributed by atoms with Gasteiger partial charge in [-0.3, -0.25) is 0 Å². The van der Waals surface area contributed by atoms with Crippen LogP contribution in [0, 0.1) is 5.82 Å². The van der Waals surface area contributed by atoms with Crippen molar-refractivity contribution in [3.8, 4) is 11.3 Å². The molecule has 128 valence electrons. The topological polar surface area (TPSA) is 68.1 Å². The summed E-state index contributed by atoms with van der Waals surface area (Å²) in [6.07, 6.45) is 4.91. The van der Waals surface area contributed by atoms with Crippen LogP contribution >= 0.6 is 0 Å². The minimum atomic E-state index is -3.08. The van der Waals surface area contributed by atoms with E-state index in [4.69, 9.17) is 0 Å². The summed E-state index contributed by atoms with van der Waals surface area (Å²) >= 11 is 0. The van der Waals surface area contributed by atoms with Crippen LogP contribution in [0.2, 0.25) is 0 Å². The smallest absolute Gasteiger partial charge is 0.216 e. The molecule has 2 fully saturated rings. The molecular formula is C16H19FN4O2S. The highest BCUT2D eigenvalue weighted by Crippen LogP contribution is 2.34. The fourth-order valence-electron chi connectivity index (χ4n) is 3.15. The molecule has 2 aliphatic rings. The first kappa shape index (κ1) is 15.7. The summed E-state index contributed by atoms with van der Waals surface area (Å²) in [6.45, 7) is 1.07. The molecule has 0 radical (unpaired) electrons. The molecule has 1 aromatic heterocycles. The van der Waals surface area contributed by atoms with Gasteiger partial charge in [0, 0.05) is 18.7 Å². The number of piperidine rings is 1. The molecule has 1 saturated carbocycles. The maximum absolute atomic E-state index is 13.0. The van der Waals surface area contributed by atoms with Crippen LogP contribution in [0.3, 0.4) is 0 Å². The first-order chi connectivity index (χ1) is 11.5. The molecule has 0 atom stereocenters. The van der Waals surface area contributed by atoms with E-state index in [9.17, 15) is 12.8 Å². The van der Waals surface area contributed by atoms with Gasteiger partial charge in [0.15, 0.2) is 0 Å². The fourth-order valence-corrected chi connectivity index (χ4v) is 5.02. The molecule has 2 aromatic rings. The Hall–Kier alpha value is -1.80. The van der Waals surface area contributed by atoms with Crippen molar-refractivity contribution in [1.82, 2.24) is 19.3 Å². The maximum atomic E-state index is 13.0. The lowest BCUT2D eigenvalue weighted by molar-refractivity contribution is 0.258. The van der Waals surface area contributed by atoms with Crippen LogP contribution in [0.4, 0.5) is 4.39 Å². The largest absolute Gasteiger partial charge is 0.249 e. The molecule has 6 nitrogen and oxygen atoms in total. The molecule has 1 aromatic carbocycles. The van der Waals surface area contributed by atoms with Gasteiger partial charge in [0.1, 0.15) is 11.5 Å². The number of nitrogens with zero attached hydrogens (tertiary/aromatic N) is 4. The van der Waals surface area contributed by atoms with Crippen molar-refractivity contribution in [1.29, 1.82) is 0 Å². The number of sulfonamides is 1. The van der Waals surface area contributed by atoms with Crippen LogP contribution in [0.1, 0.15) is 31.7 Å². The Kier molecular flexibility index (Phi) is 3.88. The van der Waals surface area contributed by atoms with Crippen molar-refractivity contribution in [3.63, 3.8) is 0 Å². The number of rotatable bonds is 4. The van der Waals surface area contributed by atoms with Crippen molar-refractivity contribution < 1.29 is 12.8 Å². The summed E-state index contributed by atoms with van der Waals surface area (Å²) in [7, 11) is -3.08. The number of benzene rings is 1. The summed E-state index contributed by atoms with van der Waals surface area (Å²) in [6, 6.07) is 6.30. The lowest BCUT2D eigenvalue weighted by atomic mass is 10.1. The van der Waals surface area contributed by atoms with Crippen molar-refractivity contribution in [2.24, 2.45) is 0 Å². The van der Waals surface area contributed by atoms with Gasteiger partial charge in [0.2, 0.25) is 10.0 Å². The molecule has 1 saturated heterocycles. The van der Waals surface area contributed by atoms with E-state index in [-0.39, 0.29) is 17.1 Å². The van der Waals surface area contributed by atoms with Gasteiger partial charge in [0.25, 0.3) is 0 Å². The molecule has 0 bridgehead atoms. The van der Waals surface area contributed by atoms with Crippen LogP contribution in [0.5, 0.6) is 0 Å². The van der Waals surface area contributed by atoms with Gasteiger partial charge in [-0.2, -0.15) is 0 Å². The SMILES string of the molecule is O=S(=O)(C1CC1)N1CCC(n2cc(-c3ccc(F)cc3)nn2)CC1. The molecule has 8 heteroatoms. The van der Waals surface area contributed by atoms with Crippen molar-refractivity contribution in [3.05, 3.63) is 36.3 Å². The molecule has 0 amide bonds. The van der Waals surface area contributed by atoms with Crippen molar-refractivity contribution in [2.45, 2.75) is 37.0 Å². The Morgan fingerprint density at radius 1 is 1.04 bits per heavy atom. The molecule has 0 N–H and O–H groups in total. The highest BCUT2D eigenvalue weighted by atomic mass is 32.2. The average Bonchev–Trinajstić information content (AvgIpc) is 3.35. The summed E-state index contributed by atoms with van der Waals surface area (Å²) in [4.78, 5) is 0. The van der Waals surface area contributed by atoms with E-state index in [2.05, 4.69) is 10.3 Å². The normalized spacial score (nSPS) is 20.4. The highest BCUT2D eigenvalue weighted by molar-refractivity contribution is 7.90. The second-order valence-corrected chi connectivity index (χ2v) is 8.68. The molecule has 0 unspecified atom stereocenters. The van der Waals surface area contributed by atoms with E-state index >= 15 is 0 Å². The van der Waals surface area contributed by atoms with Crippen molar-refractivity contribution >= 4 is 10.0 Å². The second kappa shape index (κ2) is 5.93. The van der Waals surface area contributed by atoms with Gasteiger partial charge in [-0.15, -0.1) is 5.10 Å². The summed E-state index contributed by atoms with van der Waals surface area (Å²) < 4.78 is 41.0. The monoisotopic (exact) mass is 350 g/mol. The van der Waals surface area contributed by atoms with E-state index in [0.29, 0.717) is 18.8 Å². The highest BCUT2D eigenvalue weighted by Gasteiger charge is 2.41. The Balaban J connectivity index is 1.44. The zero-order chi connectivity index (χ0) is 16.7.